The van der Waals surface area contributed by atoms with Crippen molar-refractivity contribution in [3.8, 4) is 0 Å². The van der Waals surface area contributed by atoms with Crippen LogP contribution in [0.2, 0.25) is 0 Å². The predicted molar refractivity (Wildman–Crippen MR) is 76.3 cm³/mol. The number of aromatic nitrogens is 2. The molecule has 0 fully saturated rings. The Morgan fingerprint density at radius 3 is 2.95 bits per heavy atom. The first-order valence-corrected chi connectivity index (χ1v) is 7.04. The van der Waals surface area contributed by atoms with Gasteiger partial charge in [-0.05, 0) is 6.92 Å². The van der Waals surface area contributed by atoms with E-state index in [0.29, 0.717) is 26.3 Å². The molecule has 0 radical (unpaired) electrons. The summed E-state index contributed by atoms with van der Waals surface area (Å²) in [5, 5.41) is 0. The van der Waals surface area contributed by atoms with Gasteiger partial charge in [-0.3, -0.25) is 9.69 Å². The van der Waals surface area contributed by atoms with Crippen molar-refractivity contribution >= 4 is 5.91 Å². The first-order valence-electron chi connectivity index (χ1n) is 7.04. The summed E-state index contributed by atoms with van der Waals surface area (Å²) in [5.74, 6) is 0.117. The summed E-state index contributed by atoms with van der Waals surface area (Å²) in [7, 11) is 5.59. The maximum Gasteiger partial charge on any atom is 0.236 e. The van der Waals surface area contributed by atoms with Crippen LogP contribution in [0.5, 0.6) is 0 Å². The number of ether oxygens (including phenoxy) is 1. The van der Waals surface area contributed by atoms with E-state index in [2.05, 4.69) is 14.5 Å². The molecule has 0 bridgehead atoms. The molecule has 0 saturated carbocycles. The molecule has 1 aliphatic rings. The summed E-state index contributed by atoms with van der Waals surface area (Å²) in [5.41, 5.74) is 2.33. The second-order valence-electron chi connectivity index (χ2n) is 5.46. The lowest BCUT2D eigenvalue weighted by atomic mass is 10.0. The molecule has 0 saturated heterocycles. The van der Waals surface area contributed by atoms with E-state index in [1.54, 1.807) is 19.0 Å². The van der Waals surface area contributed by atoms with Gasteiger partial charge in [-0.15, -0.1) is 0 Å². The Morgan fingerprint density at radius 1 is 1.55 bits per heavy atom. The van der Waals surface area contributed by atoms with Crippen molar-refractivity contribution in [2.24, 2.45) is 7.05 Å². The number of imidazole rings is 1. The molecular weight excluding hydrogens is 256 g/mol. The Bertz CT molecular complexity index is 470. The van der Waals surface area contributed by atoms with Gasteiger partial charge in [0.05, 0.1) is 25.2 Å². The summed E-state index contributed by atoms with van der Waals surface area (Å²) in [4.78, 5) is 20.2. The topological polar surface area (TPSA) is 50.6 Å². The zero-order chi connectivity index (χ0) is 14.7. The first-order chi connectivity index (χ1) is 9.52. The van der Waals surface area contributed by atoms with Crippen molar-refractivity contribution < 1.29 is 9.53 Å². The lowest BCUT2D eigenvalue weighted by Crippen LogP contribution is -2.48. The third-order valence-electron chi connectivity index (χ3n) is 3.80. The van der Waals surface area contributed by atoms with Crippen LogP contribution in [0.25, 0.3) is 0 Å². The smallest absolute Gasteiger partial charge is 0.236 e. The monoisotopic (exact) mass is 280 g/mol. The number of carbonyl (C=O) groups excluding carboxylic acids is 1. The van der Waals surface area contributed by atoms with Crippen LogP contribution in [0, 0.1) is 0 Å². The van der Waals surface area contributed by atoms with E-state index in [1.165, 1.54) is 5.69 Å². The fourth-order valence-corrected chi connectivity index (χ4v) is 2.49. The van der Waals surface area contributed by atoms with Crippen LogP contribution in [0.15, 0.2) is 6.33 Å². The number of carbonyl (C=O) groups is 1. The second kappa shape index (κ2) is 6.37. The summed E-state index contributed by atoms with van der Waals surface area (Å²) >= 11 is 0. The number of nitrogens with zero attached hydrogens (tertiary/aromatic N) is 4. The van der Waals surface area contributed by atoms with Crippen molar-refractivity contribution in [1.82, 2.24) is 19.4 Å². The Labute approximate surface area is 120 Å². The van der Waals surface area contributed by atoms with Gasteiger partial charge in [-0.25, -0.2) is 4.98 Å². The molecule has 0 aliphatic carbocycles. The van der Waals surface area contributed by atoms with Gasteiger partial charge in [-0.1, -0.05) is 0 Å². The molecule has 6 heteroatoms. The minimum Gasteiger partial charge on any atom is -0.380 e. The number of hydrogen-bond donors (Lipinski definition) is 0. The quantitative estimate of drug-likeness (QED) is 0.777. The van der Waals surface area contributed by atoms with Crippen molar-refractivity contribution in [2.75, 3.05) is 33.9 Å². The Kier molecular flexibility index (Phi) is 4.77. The van der Waals surface area contributed by atoms with Gasteiger partial charge in [0.1, 0.15) is 0 Å². The molecule has 2 rings (SSSR count). The average molecular weight is 280 g/mol. The number of rotatable bonds is 5. The highest BCUT2D eigenvalue weighted by Crippen LogP contribution is 2.22. The van der Waals surface area contributed by atoms with E-state index in [1.807, 2.05) is 20.3 Å². The third-order valence-corrected chi connectivity index (χ3v) is 3.80. The Hall–Kier alpha value is -1.40. The minimum absolute atomic E-state index is 0.117. The largest absolute Gasteiger partial charge is 0.380 e. The van der Waals surface area contributed by atoms with E-state index >= 15 is 0 Å². The van der Waals surface area contributed by atoms with E-state index in [0.717, 1.165) is 12.1 Å². The highest BCUT2D eigenvalue weighted by molar-refractivity contribution is 5.77. The maximum absolute atomic E-state index is 12.0. The van der Waals surface area contributed by atoms with Gasteiger partial charge in [0, 0.05) is 52.5 Å². The highest BCUT2D eigenvalue weighted by atomic mass is 16.5. The standard InChI is InChI=1S/C14H24N4O2/c1-5-20-9-11-6-13-12(15-10-17(13)4)7-18(11)8-14(19)16(2)3/h10-11H,5-9H2,1-4H3/t11-/m0/s1. The zero-order valence-electron chi connectivity index (χ0n) is 12.8. The fourth-order valence-electron chi connectivity index (χ4n) is 2.49. The minimum atomic E-state index is 0.117. The molecule has 0 aromatic carbocycles. The van der Waals surface area contributed by atoms with Crippen LogP contribution in [-0.2, 0) is 29.5 Å². The summed E-state index contributed by atoms with van der Waals surface area (Å²) in [6.07, 6.45) is 2.73. The van der Waals surface area contributed by atoms with Crippen LogP contribution in [0.3, 0.4) is 0 Å². The molecule has 1 aromatic heterocycles. The fraction of sp³-hybridized carbons (Fsp3) is 0.714. The van der Waals surface area contributed by atoms with Crippen LogP contribution in [0.1, 0.15) is 18.3 Å². The number of hydrogen-bond acceptors (Lipinski definition) is 4. The van der Waals surface area contributed by atoms with E-state index in [4.69, 9.17) is 4.74 Å². The molecule has 6 nitrogen and oxygen atoms in total. The van der Waals surface area contributed by atoms with Crippen molar-refractivity contribution in [3.63, 3.8) is 0 Å². The number of amides is 1. The molecule has 20 heavy (non-hydrogen) atoms. The average Bonchev–Trinajstić information content (AvgIpc) is 2.77. The Balaban J connectivity index is 2.12. The van der Waals surface area contributed by atoms with Crippen molar-refractivity contribution in [1.29, 1.82) is 0 Å². The van der Waals surface area contributed by atoms with Crippen molar-refractivity contribution in [2.45, 2.75) is 25.9 Å². The van der Waals surface area contributed by atoms with Crippen molar-refractivity contribution in [3.05, 3.63) is 17.7 Å². The SMILES string of the molecule is CCOC[C@@H]1Cc2c(ncn2C)CN1CC(=O)N(C)C. The summed E-state index contributed by atoms with van der Waals surface area (Å²) < 4.78 is 7.65. The number of aryl methyl sites for hydroxylation is 1. The van der Waals surface area contributed by atoms with Crippen LogP contribution >= 0.6 is 0 Å². The molecule has 0 unspecified atom stereocenters. The first kappa shape index (κ1) is 15.0. The zero-order valence-corrected chi connectivity index (χ0v) is 12.8. The number of likely N-dealkylation sites (N-methyl/N-ethyl adjacent to an activating group) is 1. The van der Waals surface area contributed by atoms with E-state index in [-0.39, 0.29) is 11.9 Å². The predicted octanol–water partition coefficient (Wildman–Crippen LogP) is 0.272. The van der Waals surface area contributed by atoms with Gasteiger partial charge < -0.3 is 14.2 Å². The molecule has 112 valence electrons. The summed E-state index contributed by atoms with van der Waals surface area (Å²) in [6.45, 7) is 4.48. The van der Waals surface area contributed by atoms with Gasteiger partial charge in [0.15, 0.2) is 0 Å². The van der Waals surface area contributed by atoms with E-state index in [9.17, 15) is 4.79 Å². The van der Waals surface area contributed by atoms with Gasteiger partial charge in [0.2, 0.25) is 5.91 Å². The highest BCUT2D eigenvalue weighted by Gasteiger charge is 2.30. The Morgan fingerprint density at radius 2 is 2.30 bits per heavy atom. The molecule has 0 N–H and O–H groups in total. The number of fused-ring (bicyclic) bond motifs is 1. The van der Waals surface area contributed by atoms with Crippen LogP contribution in [0.4, 0.5) is 0 Å². The van der Waals surface area contributed by atoms with Crippen LogP contribution < -0.4 is 0 Å². The molecule has 1 atom stereocenters. The molecular formula is C14H24N4O2. The van der Waals surface area contributed by atoms with Gasteiger partial charge in [0.25, 0.3) is 0 Å². The van der Waals surface area contributed by atoms with Crippen LogP contribution in [-0.4, -0.2) is 65.2 Å². The summed E-state index contributed by atoms with van der Waals surface area (Å²) in [6, 6.07) is 0.238. The molecule has 1 aliphatic heterocycles. The van der Waals surface area contributed by atoms with Gasteiger partial charge >= 0.3 is 0 Å². The lowest BCUT2D eigenvalue weighted by molar-refractivity contribution is -0.131. The molecule has 1 aromatic rings. The van der Waals surface area contributed by atoms with Gasteiger partial charge in [-0.2, -0.15) is 0 Å². The normalized spacial score (nSPS) is 18.9. The van der Waals surface area contributed by atoms with E-state index < -0.39 is 0 Å². The maximum atomic E-state index is 12.0. The molecule has 1 amide bonds. The lowest BCUT2D eigenvalue weighted by Gasteiger charge is -2.35. The third kappa shape index (κ3) is 3.19. The molecule has 0 spiro atoms. The second-order valence-corrected chi connectivity index (χ2v) is 5.46. The molecule has 2 heterocycles.